The second-order valence-corrected chi connectivity index (χ2v) is 8.13. The molecule has 31 heavy (non-hydrogen) atoms. The summed E-state index contributed by atoms with van der Waals surface area (Å²) >= 11 is 0. The molecule has 1 amide bonds. The number of rotatable bonds is 5. The molecule has 1 atom stereocenters. The van der Waals surface area contributed by atoms with Crippen molar-refractivity contribution in [1.82, 2.24) is 9.80 Å². The molecule has 2 aromatic carbocycles. The molecule has 5 nitrogen and oxygen atoms in total. The van der Waals surface area contributed by atoms with Gasteiger partial charge < -0.3 is 14.7 Å². The Bertz CT molecular complexity index is 948. The number of aryl methyl sites for hydroxylation is 1. The van der Waals surface area contributed by atoms with Crippen LogP contribution in [0.15, 0.2) is 42.5 Å². The highest BCUT2D eigenvalue weighted by Gasteiger charge is 2.32. The summed E-state index contributed by atoms with van der Waals surface area (Å²) in [5.41, 5.74) is 3.50. The number of aliphatic hydroxyl groups excluding tert-OH is 1. The van der Waals surface area contributed by atoms with Gasteiger partial charge in [0, 0.05) is 38.3 Å². The van der Waals surface area contributed by atoms with Gasteiger partial charge >= 0.3 is 6.36 Å². The molecule has 1 unspecified atom stereocenters. The summed E-state index contributed by atoms with van der Waals surface area (Å²) in [6, 6.07) is 12.1. The Balaban J connectivity index is 1.38. The number of benzene rings is 2. The van der Waals surface area contributed by atoms with Crippen LogP contribution in [0.3, 0.4) is 0 Å². The van der Waals surface area contributed by atoms with Crippen LogP contribution >= 0.6 is 0 Å². The summed E-state index contributed by atoms with van der Waals surface area (Å²) in [4.78, 5) is 16.7. The number of ether oxygens (including phenoxy) is 1. The first-order valence-corrected chi connectivity index (χ1v) is 10.4. The first-order valence-electron chi connectivity index (χ1n) is 10.4. The molecule has 2 aliphatic rings. The topological polar surface area (TPSA) is 53.0 Å². The number of aliphatic hydroxyl groups is 1. The van der Waals surface area contributed by atoms with E-state index in [0.29, 0.717) is 37.1 Å². The number of carbonyl (C=O) groups is 1. The fourth-order valence-electron chi connectivity index (χ4n) is 4.41. The number of hydrogen-bond donors (Lipinski definition) is 1. The van der Waals surface area contributed by atoms with Gasteiger partial charge in [-0.25, -0.2) is 0 Å². The maximum Gasteiger partial charge on any atom is 0.573 e. The summed E-state index contributed by atoms with van der Waals surface area (Å²) in [5, 5.41) is 10.7. The van der Waals surface area contributed by atoms with Gasteiger partial charge in [-0.1, -0.05) is 24.3 Å². The highest BCUT2D eigenvalue weighted by Crippen LogP contribution is 2.28. The second kappa shape index (κ2) is 8.88. The van der Waals surface area contributed by atoms with E-state index in [2.05, 4.69) is 21.8 Å². The molecule has 0 saturated heterocycles. The average Bonchev–Trinajstić information content (AvgIpc) is 2.85. The number of halogens is 3. The maximum atomic E-state index is 13.0. The fourth-order valence-corrected chi connectivity index (χ4v) is 4.41. The van der Waals surface area contributed by atoms with Crippen LogP contribution in [0.5, 0.6) is 5.75 Å². The molecule has 2 aromatic rings. The van der Waals surface area contributed by atoms with Crippen LogP contribution in [-0.2, 0) is 19.4 Å². The molecule has 0 bridgehead atoms. The van der Waals surface area contributed by atoms with Gasteiger partial charge in [-0.05, 0) is 54.2 Å². The van der Waals surface area contributed by atoms with E-state index < -0.39 is 12.5 Å². The molecule has 0 spiro atoms. The van der Waals surface area contributed by atoms with Gasteiger partial charge in [-0.2, -0.15) is 0 Å². The minimum absolute atomic E-state index is 0.192. The summed E-state index contributed by atoms with van der Waals surface area (Å²) < 4.78 is 41.4. The zero-order valence-corrected chi connectivity index (χ0v) is 17.1. The van der Waals surface area contributed by atoms with E-state index >= 15 is 0 Å². The number of alkyl halides is 3. The number of fused-ring (bicyclic) bond motifs is 2. The Morgan fingerprint density at radius 2 is 1.77 bits per heavy atom. The smallest absolute Gasteiger partial charge is 0.406 e. The Labute approximate surface area is 179 Å². The summed E-state index contributed by atoms with van der Waals surface area (Å²) in [7, 11) is 0. The van der Waals surface area contributed by atoms with Crippen LogP contribution in [0, 0.1) is 0 Å². The van der Waals surface area contributed by atoms with Crippen molar-refractivity contribution in [1.29, 1.82) is 0 Å². The maximum absolute atomic E-state index is 13.0. The molecule has 0 saturated carbocycles. The monoisotopic (exact) mass is 434 g/mol. The minimum atomic E-state index is -4.77. The molecule has 0 aliphatic carbocycles. The third-order valence-corrected chi connectivity index (χ3v) is 5.81. The van der Waals surface area contributed by atoms with Crippen molar-refractivity contribution >= 4 is 5.91 Å². The lowest BCUT2D eigenvalue weighted by atomic mass is 10.00. The van der Waals surface area contributed by atoms with Gasteiger partial charge in [-0.15, -0.1) is 13.2 Å². The van der Waals surface area contributed by atoms with Crippen LogP contribution in [0.4, 0.5) is 13.2 Å². The van der Waals surface area contributed by atoms with Crippen molar-refractivity contribution in [3.63, 3.8) is 0 Å². The third kappa shape index (κ3) is 5.37. The standard InChI is InChI=1S/C23H25F3N2O3/c24-23(25,26)31-20-7-8-21-17(12-20)6-3-10-28(22(21)30)15-19(29)14-27-11-9-16-4-1-2-5-18(16)13-27/h1-2,4-5,7-8,12,19,29H,3,6,9-11,13-15H2. The molecule has 2 aliphatic heterocycles. The fraction of sp³-hybridized carbons (Fsp3) is 0.435. The number of hydrogen-bond acceptors (Lipinski definition) is 4. The lowest BCUT2D eigenvalue weighted by Gasteiger charge is -2.32. The van der Waals surface area contributed by atoms with E-state index in [0.717, 1.165) is 25.6 Å². The Hall–Kier alpha value is -2.58. The van der Waals surface area contributed by atoms with Crippen molar-refractivity contribution in [2.24, 2.45) is 0 Å². The minimum Gasteiger partial charge on any atom is -0.406 e. The molecule has 4 rings (SSSR count). The summed E-state index contributed by atoms with van der Waals surface area (Å²) in [6.07, 6.45) is -3.46. The summed E-state index contributed by atoms with van der Waals surface area (Å²) in [5.74, 6) is -0.591. The Kier molecular flexibility index (Phi) is 6.20. The third-order valence-electron chi connectivity index (χ3n) is 5.81. The Morgan fingerprint density at radius 1 is 1.00 bits per heavy atom. The summed E-state index contributed by atoms with van der Waals surface area (Å²) in [6.45, 7) is 2.72. The van der Waals surface area contributed by atoms with Gasteiger partial charge in [-0.3, -0.25) is 9.69 Å². The van der Waals surface area contributed by atoms with E-state index in [9.17, 15) is 23.1 Å². The largest absolute Gasteiger partial charge is 0.573 e. The molecule has 0 aromatic heterocycles. The van der Waals surface area contributed by atoms with Gasteiger partial charge in [0.25, 0.3) is 5.91 Å². The zero-order chi connectivity index (χ0) is 22.0. The van der Waals surface area contributed by atoms with Crippen LogP contribution in [0.25, 0.3) is 0 Å². The lowest BCUT2D eigenvalue weighted by Crippen LogP contribution is -2.44. The highest BCUT2D eigenvalue weighted by atomic mass is 19.4. The normalized spacial score (nSPS) is 18.2. The van der Waals surface area contributed by atoms with Gasteiger partial charge in [0.05, 0.1) is 6.10 Å². The van der Waals surface area contributed by atoms with E-state index in [1.165, 1.54) is 23.3 Å². The lowest BCUT2D eigenvalue weighted by molar-refractivity contribution is -0.274. The molecule has 8 heteroatoms. The van der Waals surface area contributed by atoms with Crippen LogP contribution < -0.4 is 4.74 Å². The van der Waals surface area contributed by atoms with Crippen molar-refractivity contribution in [2.75, 3.05) is 26.2 Å². The quantitative estimate of drug-likeness (QED) is 0.784. The average molecular weight is 434 g/mol. The van der Waals surface area contributed by atoms with Gasteiger partial charge in [0.2, 0.25) is 0 Å². The van der Waals surface area contributed by atoms with E-state index in [1.54, 1.807) is 4.90 Å². The number of β-amino-alcohol motifs (C(OH)–C–C–N with tert-alkyl or cyclic N) is 1. The van der Waals surface area contributed by atoms with Crippen molar-refractivity contribution < 1.29 is 27.8 Å². The number of carbonyl (C=O) groups excluding carboxylic acids is 1. The van der Waals surface area contributed by atoms with Crippen molar-refractivity contribution in [3.8, 4) is 5.75 Å². The molecule has 0 fully saturated rings. The second-order valence-electron chi connectivity index (χ2n) is 8.13. The molecule has 2 heterocycles. The van der Waals surface area contributed by atoms with E-state index in [-0.39, 0.29) is 18.2 Å². The SMILES string of the molecule is O=C1c2ccc(OC(F)(F)F)cc2CCCN1CC(O)CN1CCc2ccccc2C1. The molecule has 0 radical (unpaired) electrons. The van der Waals surface area contributed by atoms with Gasteiger partial charge in [0.1, 0.15) is 5.75 Å². The predicted molar refractivity (Wildman–Crippen MR) is 109 cm³/mol. The zero-order valence-electron chi connectivity index (χ0n) is 17.1. The molecular weight excluding hydrogens is 409 g/mol. The first-order chi connectivity index (χ1) is 14.8. The van der Waals surface area contributed by atoms with E-state index in [4.69, 9.17) is 0 Å². The van der Waals surface area contributed by atoms with Gasteiger partial charge in [0.15, 0.2) is 0 Å². The molecule has 166 valence electrons. The van der Waals surface area contributed by atoms with E-state index in [1.807, 2.05) is 12.1 Å². The van der Waals surface area contributed by atoms with Crippen LogP contribution in [0.1, 0.15) is 33.5 Å². The predicted octanol–water partition coefficient (Wildman–Crippen LogP) is 3.39. The number of nitrogens with zero attached hydrogens (tertiary/aromatic N) is 2. The molecular formula is C23H25F3N2O3. The molecule has 1 N–H and O–H groups in total. The van der Waals surface area contributed by atoms with Crippen LogP contribution in [-0.4, -0.2) is 59.5 Å². The van der Waals surface area contributed by atoms with Crippen molar-refractivity contribution in [3.05, 3.63) is 64.7 Å². The first kappa shape index (κ1) is 21.6. The van der Waals surface area contributed by atoms with Crippen molar-refractivity contribution in [2.45, 2.75) is 38.3 Å². The Morgan fingerprint density at radius 3 is 2.55 bits per heavy atom. The van der Waals surface area contributed by atoms with Crippen LogP contribution in [0.2, 0.25) is 0 Å². The highest BCUT2D eigenvalue weighted by molar-refractivity contribution is 5.96. The number of amides is 1.